The Labute approximate surface area is 217 Å². The lowest BCUT2D eigenvalue weighted by atomic mass is 9.84. The van der Waals surface area contributed by atoms with Gasteiger partial charge < -0.3 is 10.1 Å². The van der Waals surface area contributed by atoms with Crippen molar-refractivity contribution in [1.82, 2.24) is 20.1 Å². The zero-order valence-corrected chi connectivity index (χ0v) is 21.9. The Morgan fingerprint density at radius 2 is 1.75 bits per heavy atom. The van der Waals surface area contributed by atoms with Crippen LogP contribution < -0.4 is 10.1 Å². The normalized spacial score (nSPS) is 13.9. The van der Waals surface area contributed by atoms with Crippen molar-refractivity contribution >= 4 is 23.5 Å². The molecule has 2 aromatic carbocycles. The van der Waals surface area contributed by atoms with Gasteiger partial charge in [-0.3, -0.25) is 14.2 Å². The lowest BCUT2D eigenvalue weighted by Crippen LogP contribution is -2.23. The Hall–Kier alpha value is -3.13. The third kappa shape index (κ3) is 6.75. The summed E-state index contributed by atoms with van der Waals surface area (Å²) in [5.41, 5.74) is 2.95. The molecule has 1 N–H and O–H groups in total. The van der Waals surface area contributed by atoms with Gasteiger partial charge in [0.05, 0.1) is 12.4 Å². The number of hydrogen-bond donors (Lipinski definition) is 1. The average molecular weight is 507 g/mol. The van der Waals surface area contributed by atoms with Crippen LogP contribution in [0.2, 0.25) is 0 Å². The fourth-order valence-electron chi connectivity index (χ4n) is 4.61. The van der Waals surface area contributed by atoms with E-state index in [9.17, 15) is 9.59 Å². The number of nitrogens with one attached hydrogen (secondary N) is 1. The second kappa shape index (κ2) is 12.7. The molecule has 0 radical (unpaired) electrons. The molecule has 0 atom stereocenters. The molecule has 0 aliphatic heterocycles. The zero-order chi connectivity index (χ0) is 25.3. The largest absolute Gasteiger partial charge is 0.494 e. The molecule has 7 nitrogen and oxygen atoms in total. The van der Waals surface area contributed by atoms with Crippen molar-refractivity contribution in [3.8, 4) is 11.4 Å². The van der Waals surface area contributed by atoms with E-state index in [1.807, 2.05) is 47.9 Å². The molecule has 1 amide bonds. The van der Waals surface area contributed by atoms with E-state index in [0.29, 0.717) is 30.6 Å². The molecule has 0 spiro atoms. The molecule has 3 aromatic rings. The van der Waals surface area contributed by atoms with Crippen LogP contribution in [0.5, 0.6) is 5.75 Å². The minimum Gasteiger partial charge on any atom is -0.494 e. The van der Waals surface area contributed by atoms with Crippen molar-refractivity contribution in [3.63, 3.8) is 0 Å². The first kappa shape index (κ1) is 25.9. The Balaban J connectivity index is 1.47. The molecule has 190 valence electrons. The Morgan fingerprint density at radius 1 is 1.03 bits per heavy atom. The first-order chi connectivity index (χ1) is 17.5. The van der Waals surface area contributed by atoms with E-state index in [1.54, 1.807) is 0 Å². The Bertz CT molecular complexity index is 1150. The minimum absolute atomic E-state index is 0.0660. The maximum absolute atomic E-state index is 13.0. The quantitative estimate of drug-likeness (QED) is 0.278. The first-order valence-corrected chi connectivity index (χ1v) is 13.7. The van der Waals surface area contributed by atoms with Crippen molar-refractivity contribution in [2.24, 2.45) is 0 Å². The molecule has 8 heteroatoms. The fourth-order valence-corrected chi connectivity index (χ4v) is 5.48. The van der Waals surface area contributed by atoms with Crippen LogP contribution >= 0.6 is 11.8 Å². The minimum atomic E-state index is -0.0863. The van der Waals surface area contributed by atoms with Crippen LogP contribution in [-0.2, 0) is 11.2 Å². The Morgan fingerprint density at radius 3 is 2.42 bits per heavy atom. The Kier molecular flexibility index (Phi) is 9.17. The highest BCUT2D eigenvalue weighted by molar-refractivity contribution is 7.99. The van der Waals surface area contributed by atoms with Crippen LogP contribution in [0.25, 0.3) is 5.69 Å². The summed E-state index contributed by atoms with van der Waals surface area (Å²) < 4.78 is 7.51. The maximum atomic E-state index is 13.0. The van der Waals surface area contributed by atoms with Crippen molar-refractivity contribution in [3.05, 3.63) is 65.5 Å². The molecule has 4 rings (SSSR count). The molecule has 0 bridgehead atoms. The van der Waals surface area contributed by atoms with Gasteiger partial charge in [-0.2, -0.15) is 0 Å². The summed E-state index contributed by atoms with van der Waals surface area (Å²) in [6, 6.07) is 15.9. The number of nitrogens with zero attached hydrogens (tertiary/aromatic N) is 3. The summed E-state index contributed by atoms with van der Waals surface area (Å²) in [6.07, 6.45) is 6.94. The van der Waals surface area contributed by atoms with E-state index in [2.05, 4.69) is 27.6 Å². The number of ketones is 1. The van der Waals surface area contributed by atoms with E-state index in [0.717, 1.165) is 22.8 Å². The first-order valence-electron chi connectivity index (χ1n) is 12.7. The highest BCUT2D eigenvalue weighted by atomic mass is 32.2. The summed E-state index contributed by atoms with van der Waals surface area (Å²) >= 11 is 1.37. The molecule has 1 saturated carbocycles. The summed E-state index contributed by atoms with van der Waals surface area (Å²) in [4.78, 5) is 24.3. The highest BCUT2D eigenvalue weighted by Crippen LogP contribution is 2.33. The predicted octanol–water partition coefficient (Wildman–Crippen LogP) is 5.37. The molecule has 1 aliphatic rings. The lowest BCUT2D eigenvalue weighted by molar-refractivity contribution is -0.118. The summed E-state index contributed by atoms with van der Waals surface area (Å²) in [5, 5.41) is 12.2. The second-order valence-corrected chi connectivity index (χ2v) is 10.0. The molecule has 1 fully saturated rings. The van der Waals surface area contributed by atoms with Gasteiger partial charge in [-0.05, 0) is 55.5 Å². The van der Waals surface area contributed by atoms with Crippen LogP contribution in [0.4, 0.5) is 0 Å². The zero-order valence-electron chi connectivity index (χ0n) is 21.0. The van der Waals surface area contributed by atoms with Gasteiger partial charge in [-0.15, -0.1) is 10.2 Å². The summed E-state index contributed by atoms with van der Waals surface area (Å²) in [5.74, 6) is 2.38. The van der Waals surface area contributed by atoms with Gasteiger partial charge in [0.1, 0.15) is 11.6 Å². The van der Waals surface area contributed by atoms with Gasteiger partial charge in [0.25, 0.3) is 0 Å². The standard InChI is InChI=1S/C28H34N4O3S/c1-3-35-25-15-13-24(14-16-25)32-27(17-18-29-20(2)33)30-31-28(32)36-19-26(34)23-11-9-22(10-12-23)21-7-5-4-6-8-21/h9-16,21H,3-8,17-19H2,1-2H3,(H,29,33). The SMILES string of the molecule is CCOc1ccc(-n2c(CCNC(C)=O)nnc2SCC(=O)c2ccc(C3CCCCC3)cc2)cc1. The third-order valence-corrected chi connectivity index (χ3v) is 7.40. The van der Waals surface area contributed by atoms with Crippen molar-refractivity contribution in [2.75, 3.05) is 18.9 Å². The van der Waals surface area contributed by atoms with E-state index < -0.39 is 0 Å². The third-order valence-electron chi connectivity index (χ3n) is 6.47. The molecular formula is C28H34N4O3S. The van der Waals surface area contributed by atoms with Gasteiger partial charge in [0.15, 0.2) is 10.9 Å². The number of hydrogen-bond acceptors (Lipinski definition) is 6. The number of rotatable bonds is 11. The van der Waals surface area contributed by atoms with Crippen molar-refractivity contribution < 1.29 is 14.3 Å². The van der Waals surface area contributed by atoms with Crippen LogP contribution in [0, 0.1) is 0 Å². The maximum Gasteiger partial charge on any atom is 0.216 e. The molecule has 1 aliphatic carbocycles. The van der Waals surface area contributed by atoms with Gasteiger partial charge in [0, 0.05) is 31.1 Å². The van der Waals surface area contributed by atoms with Gasteiger partial charge >= 0.3 is 0 Å². The molecule has 1 aromatic heterocycles. The van der Waals surface area contributed by atoms with Crippen molar-refractivity contribution in [2.45, 2.75) is 63.4 Å². The van der Waals surface area contributed by atoms with Crippen molar-refractivity contribution in [1.29, 1.82) is 0 Å². The molecular weight excluding hydrogens is 472 g/mol. The number of benzene rings is 2. The highest BCUT2D eigenvalue weighted by Gasteiger charge is 2.18. The number of Topliss-reactive ketones (excluding diaryl/α,β-unsaturated/α-hetero) is 1. The van der Waals surface area contributed by atoms with Gasteiger partial charge in [-0.1, -0.05) is 55.3 Å². The number of carbonyl (C=O) groups is 2. The summed E-state index contributed by atoms with van der Waals surface area (Å²) in [6.45, 7) is 4.50. The van der Waals surface area contributed by atoms with E-state index in [-0.39, 0.29) is 17.4 Å². The fraction of sp³-hybridized carbons (Fsp3) is 0.429. The smallest absolute Gasteiger partial charge is 0.216 e. The summed E-state index contributed by atoms with van der Waals surface area (Å²) in [7, 11) is 0. The van der Waals surface area contributed by atoms with Gasteiger partial charge in [0.2, 0.25) is 5.91 Å². The van der Waals surface area contributed by atoms with E-state index in [1.165, 1.54) is 56.4 Å². The van der Waals surface area contributed by atoms with Crippen LogP contribution in [-0.4, -0.2) is 45.4 Å². The topological polar surface area (TPSA) is 86.1 Å². The predicted molar refractivity (Wildman–Crippen MR) is 142 cm³/mol. The number of carbonyl (C=O) groups excluding carboxylic acids is 2. The number of aromatic nitrogens is 3. The second-order valence-electron chi connectivity index (χ2n) is 9.06. The monoisotopic (exact) mass is 506 g/mol. The average Bonchev–Trinajstić information content (AvgIpc) is 3.31. The van der Waals surface area contributed by atoms with Gasteiger partial charge in [-0.25, -0.2) is 0 Å². The number of amides is 1. The lowest BCUT2D eigenvalue weighted by Gasteiger charge is -2.22. The number of thioether (sulfide) groups is 1. The van der Waals surface area contributed by atoms with Crippen LogP contribution in [0.15, 0.2) is 53.7 Å². The molecule has 0 saturated heterocycles. The van der Waals surface area contributed by atoms with E-state index in [4.69, 9.17) is 4.74 Å². The molecule has 36 heavy (non-hydrogen) atoms. The number of ether oxygens (including phenoxy) is 1. The van der Waals surface area contributed by atoms with Crippen LogP contribution in [0.1, 0.15) is 73.6 Å². The van der Waals surface area contributed by atoms with Crippen LogP contribution in [0.3, 0.4) is 0 Å². The molecule has 0 unspecified atom stereocenters. The molecule has 1 heterocycles. The van der Waals surface area contributed by atoms with E-state index >= 15 is 0 Å².